The van der Waals surface area contributed by atoms with Crippen LogP contribution in [0.1, 0.15) is 25.6 Å². The molecule has 0 aliphatic carbocycles. The number of piperidine rings is 1. The molecule has 1 aromatic heterocycles. The fraction of sp³-hybridized carbons (Fsp3) is 0.636. The molecule has 8 heteroatoms. The van der Waals surface area contributed by atoms with Gasteiger partial charge in [-0.1, -0.05) is 19.1 Å². The van der Waals surface area contributed by atoms with Crippen molar-refractivity contribution in [3.8, 4) is 0 Å². The zero-order valence-corrected chi connectivity index (χ0v) is 12.4. The number of nitrogens with two attached hydrogens (primary N) is 1. The van der Waals surface area contributed by atoms with Gasteiger partial charge in [-0.05, 0) is 12.8 Å². The van der Waals surface area contributed by atoms with Crippen LogP contribution in [0.2, 0.25) is 0 Å². The van der Waals surface area contributed by atoms with Crippen molar-refractivity contribution in [3.05, 3.63) is 12.0 Å². The molecule has 0 unspecified atom stereocenters. The Kier molecular flexibility index (Phi) is 4.22. The molecule has 3 N–H and O–H groups in total. The number of aromatic amines is 1. The standard InChI is InChI=1S/C11H18N4O2S2/c1-2-9-13-7-10(14-9)19(16,17)15-5-3-8(4-6-15)11(12)18/h7-8H,2-6H2,1H3,(H2,12,18)(H,13,14). The first-order valence-corrected chi connectivity index (χ1v) is 8.13. The van der Waals surface area contributed by atoms with Gasteiger partial charge in [0.15, 0.2) is 5.03 Å². The Morgan fingerprint density at radius 3 is 2.68 bits per heavy atom. The normalized spacial score (nSPS) is 18.6. The van der Waals surface area contributed by atoms with Crippen molar-refractivity contribution in [2.75, 3.05) is 13.1 Å². The number of hydrogen-bond acceptors (Lipinski definition) is 4. The third kappa shape index (κ3) is 2.96. The minimum atomic E-state index is -3.47. The van der Waals surface area contributed by atoms with Gasteiger partial charge in [0.05, 0.1) is 11.2 Å². The molecule has 1 aliphatic rings. The molecule has 1 saturated heterocycles. The average molecular weight is 302 g/mol. The Morgan fingerprint density at radius 2 is 2.21 bits per heavy atom. The van der Waals surface area contributed by atoms with E-state index < -0.39 is 10.0 Å². The van der Waals surface area contributed by atoms with E-state index in [-0.39, 0.29) is 10.9 Å². The van der Waals surface area contributed by atoms with Crippen molar-refractivity contribution in [1.29, 1.82) is 0 Å². The second-order valence-corrected chi connectivity index (χ2v) is 7.01. The molecule has 19 heavy (non-hydrogen) atoms. The molecule has 2 heterocycles. The highest BCUT2D eigenvalue weighted by Gasteiger charge is 2.31. The van der Waals surface area contributed by atoms with Crippen LogP contribution in [-0.4, -0.2) is 40.8 Å². The molecular formula is C11H18N4O2S2. The van der Waals surface area contributed by atoms with Crippen LogP contribution in [0.4, 0.5) is 0 Å². The van der Waals surface area contributed by atoms with Crippen molar-refractivity contribution in [3.63, 3.8) is 0 Å². The van der Waals surface area contributed by atoms with Crippen LogP contribution >= 0.6 is 12.2 Å². The number of thiocarbonyl (C=S) groups is 1. The number of sulfonamides is 1. The minimum absolute atomic E-state index is 0.148. The van der Waals surface area contributed by atoms with E-state index in [4.69, 9.17) is 18.0 Å². The lowest BCUT2D eigenvalue weighted by atomic mass is 9.98. The summed E-state index contributed by atoms with van der Waals surface area (Å²) in [6, 6.07) is 0. The molecule has 106 valence electrons. The van der Waals surface area contributed by atoms with E-state index in [1.165, 1.54) is 10.5 Å². The van der Waals surface area contributed by atoms with Crippen LogP contribution in [0.5, 0.6) is 0 Å². The fourth-order valence-electron chi connectivity index (χ4n) is 2.17. The Labute approximate surface area is 118 Å². The number of nitrogens with zero attached hydrogens (tertiary/aromatic N) is 2. The maximum Gasteiger partial charge on any atom is 0.260 e. The first kappa shape index (κ1) is 14.4. The van der Waals surface area contributed by atoms with Gasteiger partial charge in [-0.3, -0.25) is 0 Å². The van der Waals surface area contributed by atoms with E-state index in [9.17, 15) is 8.42 Å². The Morgan fingerprint density at radius 1 is 1.58 bits per heavy atom. The average Bonchev–Trinajstić information content (AvgIpc) is 2.88. The summed E-state index contributed by atoms with van der Waals surface area (Å²) in [4.78, 5) is 7.36. The molecule has 0 aromatic carbocycles. The fourth-order valence-corrected chi connectivity index (χ4v) is 3.81. The van der Waals surface area contributed by atoms with E-state index in [2.05, 4.69) is 9.97 Å². The quantitative estimate of drug-likeness (QED) is 0.797. The molecule has 2 rings (SSSR count). The lowest BCUT2D eigenvalue weighted by molar-refractivity contribution is 0.316. The summed E-state index contributed by atoms with van der Waals surface area (Å²) in [5.41, 5.74) is 5.60. The highest BCUT2D eigenvalue weighted by Crippen LogP contribution is 2.23. The monoisotopic (exact) mass is 302 g/mol. The lowest BCUT2D eigenvalue weighted by Gasteiger charge is -2.30. The molecular weight excluding hydrogens is 284 g/mol. The summed E-state index contributed by atoms with van der Waals surface area (Å²) in [5, 5.41) is 0.165. The number of aromatic nitrogens is 2. The summed E-state index contributed by atoms with van der Waals surface area (Å²) in [6.07, 6.45) is 3.43. The van der Waals surface area contributed by atoms with Gasteiger partial charge in [0.2, 0.25) is 0 Å². The van der Waals surface area contributed by atoms with Crippen molar-refractivity contribution in [2.45, 2.75) is 31.2 Å². The van der Waals surface area contributed by atoms with Gasteiger partial charge in [-0.25, -0.2) is 13.4 Å². The molecule has 0 amide bonds. The van der Waals surface area contributed by atoms with Crippen LogP contribution in [0.15, 0.2) is 11.2 Å². The van der Waals surface area contributed by atoms with Crippen LogP contribution in [0.25, 0.3) is 0 Å². The zero-order valence-electron chi connectivity index (χ0n) is 10.8. The summed E-state index contributed by atoms with van der Waals surface area (Å²) in [7, 11) is -3.47. The SMILES string of the molecule is CCc1ncc(S(=O)(=O)N2CCC(C(N)=S)CC2)[nH]1. The summed E-state index contributed by atoms with van der Waals surface area (Å²) in [6.45, 7) is 2.82. The minimum Gasteiger partial charge on any atom is -0.393 e. The van der Waals surface area contributed by atoms with Gasteiger partial charge in [0.1, 0.15) is 5.82 Å². The molecule has 0 atom stereocenters. The maximum absolute atomic E-state index is 12.4. The largest absolute Gasteiger partial charge is 0.393 e. The van der Waals surface area contributed by atoms with Crippen LogP contribution in [0, 0.1) is 5.92 Å². The van der Waals surface area contributed by atoms with Gasteiger partial charge >= 0.3 is 0 Å². The van der Waals surface area contributed by atoms with Gasteiger partial charge in [0.25, 0.3) is 10.0 Å². The number of nitrogens with one attached hydrogen (secondary N) is 1. The van der Waals surface area contributed by atoms with E-state index in [0.29, 0.717) is 43.2 Å². The van der Waals surface area contributed by atoms with Crippen LogP contribution in [-0.2, 0) is 16.4 Å². The molecule has 1 aliphatic heterocycles. The molecule has 0 bridgehead atoms. The smallest absolute Gasteiger partial charge is 0.260 e. The summed E-state index contributed by atoms with van der Waals surface area (Å²) >= 11 is 4.95. The lowest BCUT2D eigenvalue weighted by Crippen LogP contribution is -2.41. The highest BCUT2D eigenvalue weighted by atomic mass is 32.2. The number of hydrogen-bond donors (Lipinski definition) is 2. The second-order valence-electron chi connectivity index (χ2n) is 4.63. The molecule has 1 aromatic rings. The summed E-state index contributed by atoms with van der Waals surface area (Å²) < 4.78 is 26.2. The van der Waals surface area contributed by atoms with E-state index in [1.54, 1.807) is 0 Å². The van der Waals surface area contributed by atoms with Gasteiger partial charge in [-0.15, -0.1) is 0 Å². The highest BCUT2D eigenvalue weighted by molar-refractivity contribution is 7.89. The maximum atomic E-state index is 12.4. The molecule has 6 nitrogen and oxygen atoms in total. The Balaban J connectivity index is 2.11. The molecule has 0 spiro atoms. The van der Waals surface area contributed by atoms with Crippen molar-refractivity contribution < 1.29 is 8.42 Å². The Hall–Kier alpha value is -0.990. The van der Waals surface area contributed by atoms with Gasteiger partial charge in [0, 0.05) is 25.4 Å². The van der Waals surface area contributed by atoms with Crippen molar-refractivity contribution in [2.24, 2.45) is 11.7 Å². The van der Waals surface area contributed by atoms with E-state index in [1.807, 2.05) is 6.92 Å². The van der Waals surface area contributed by atoms with Crippen LogP contribution < -0.4 is 5.73 Å². The van der Waals surface area contributed by atoms with E-state index >= 15 is 0 Å². The number of imidazole rings is 1. The number of aryl methyl sites for hydroxylation is 1. The number of rotatable bonds is 4. The second kappa shape index (κ2) is 5.56. The first-order valence-electron chi connectivity index (χ1n) is 6.28. The van der Waals surface area contributed by atoms with Gasteiger partial charge < -0.3 is 10.7 Å². The predicted octanol–water partition coefficient (Wildman–Crippen LogP) is 0.659. The number of H-pyrrole nitrogens is 1. The predicted molar refractivity (Wildman–Crippen MR) is 76.2 cm³/mol. The van der Waals surface area contributed by atoms with Crippen molar-refractivity contribution >= 4 is 27.2 Å². The first-order chi connectivity index (χ1) is 8.95. The summed E-state index contributed by atoms with van der Waals surface area (Å²) in [5.74, 6) is 0.825. The molecule has 0 radical (unpaired) electrons. The molecule has 1 fully saturated rings. The third-order valence-electron chi connectivity index (χ3n) is 3.41. The topological polar surface area (TPSA) is 92.1 Å². The Bertz CT molecular complexity index is 559. The van der Waals surface area contributed by atoms with Gasteiger partial charge in [-0.2, -0.15) is 4.31 Å². The zero-order chi connectivity index (χ0) is 14.0. The third-order valence-corrected chi connectivity index (χ3v) is 5.56. The molecule has 0 saturated carbocycles. The van der Waals surface area contributed by atoms with Crippen LogP contribution in [0.3, 0.4) is 0 Å². The van der Waals surface area contributed by atoms with E-state index in [0.717, 1.165) is 0 Å². The van der Waals surface area contributed by atoms with Crippen molar-refractivity contribution in [1.82, 2.24) is 14.3 Å².